The van der Waals surface area contributed by atoms with Gasteiger partial charge in [0.25, 0.3) is 11.8 Å². The molecule has 2 heterocycles. The monoisotopic (exact) mass is 1260 g/mol. The lowest BCUT2D eigenvalue weighted by atomic mass is 9.83. The number of carbonyl (C=O) groups excluding carboxylic acids is 10. The highest BCUT2D eigenvalue weighted by Crippen LogP contribution is 2.33. The highest BCUT2D eigenvalue weighted by Gasteiger charge is 2.47. The molecule has 10 amide bonds. The molecule has 4 aliphatic rings. The van der Waals surface area contributed by atoms with Crippen molar-refractivity contribution in [3.63, 3.8) is 0 Å². The van der Waals surface area contributed by atoms with Gasteiger partial charge < -0.3 is 62.1 Å². The first-order valence-corrected chi connectivity index (χ1v) is 32.9. The molecular weight excluding hydrogens is 1170 g/mol. The maximum Gasteiger partial charge on any atom is 0.251 e. The van der Waals surface area contributed by atoms with Crippen molar-refractivity contribution in [2.75, 3.05) is 53.4 Å². The van der Waals surface area contributed by atoms with Crippen LogP contribution in [0.25, 0.3) is 11.1 Å². The minimum atomic E-state index is -0.844. The predicted molar refractivity (Wildman–Crippen MR) is 350 cm³/mol. The van der Waals surface area contributed by atoms with E-state index < -0.39 is 85.3 Å². The molecule has 2 unspecified atom stereocenters. The number of rotatable bonds is 27. The normalized spacial score (nSPS) is 19.7. The Balaban J connectivity index is 0.935. The van der Waals surface area contributed by atoms with Crippen molar-refractivity contribution in [2.24, 2.45) is 11.8 Å². The number of hydrogen-bond acceptors (Lipinski definition) is 12. The number of likely N-dealkylation sites (N-methyl/N-ethyl adjacent to an activating group) is 2. The summed E-state index contributed by atoms with van der Waals surface area (Å²) >= 11 is 0. The molecule has 8 rings (SSSR count). The van der Waals surface area contributed by atoms with E-state index in [1.165, 1.54) is 13.8 Å². The van der Waals surface area contributed by atoms with Crippen molar-refractivity contribution in [1.82, 2.24) is 62.1 Å². The minimum Gasteiger partial charge on any atom is -0.352 e. The smallest absolute Gasteiger partial charge is 0.251 e. The first kappa shape index (κ1) is 69.4. The zero-order valence-electron chi connectivity index (χ0n) is 54.2. The number of benzene rings is 4. The maximum atomic E-state index is 15.0. The summed E-state index contributed by atoms with van der Waals surface area (Å²) in [6.45, 7) is 6.14. The van der Waals surface area contributed by atoms with Gasteiger partial charge in [-0.05, 0) is 125 Å². The lowest BCUT2D eigenvalue weighted by molar-refractivity contribution is -0.148. The fourth-order valence-corrected chi connectivity index (χ4v) is 13.4. The van der Waals surface area contributed by atoms with Crippen LogP contribution in [-0.4, -0.2) is 181 Å². The van der Waals surface area contributed by atoms with E-state index in [2.05, 4.69) is 42.5 Å². The summed E-state index contributed by atoms with van der Waals surface area (Å²) in [7, 11) is 3.36. The molecular formula is C70H94N12O10. The molecule has 494 valence electrons. The molecule has 8 atom stereocenters. The number of amides is 10. The van der Waals surface area contributed by atoms with E-state index >= 15 is 0 Å². The van der Waals surface area contributed by atoms with E-state index in [-0.39, 0.29) is 97.4 Å². The van der Waals surface area contributed by atoms with Gasteiger partial charge in [-0.15, -0.1) is 0 Å². The number of likely N-dealkylation sites (tertiary alicyclic amines) is 2. The molecule has 4 fully saturated rings. The molecule has 22 heteroatoms. The number of nitrogens with zero attached hydrogens (tertiary/aromatic N) is 4. The van der Waals surface area contributed by atoms with Gasteiger partial charge in [0.2, 0.25) is 47.3 Å². The van der Waals surface area contributed by atoms with E-state index in [4.69, 9.17) is 0 Å². The molecule has 2 saturated carbocycles. The summed E-state index contributed by atoms with van der Waals surface area (Å²) in [6, 6.07) is 29.1. The molecule has 8 N–H and O–H groups in total. The van der Waals surface area contributed by atoms with E-state index in [0.29, 0.717) is 12.8 Å². The highest BCUT2D eigenvalue weighted by atomic mass is 16.2. The third kappa shape index (κ3) is 18.8. The number of hydrogen-bond donors (Lipinski definition) is 8. The Morgan fingerprint density at radius 2 is 0.826 bits per heavy atom. The second-order valence-corrected chi connectivity index (χ2v) is 25.2. The second-order valence-electron chi connectivity index (χ2n) is 25.2. The number of carbonyl (C=O) groups is 10. The third-order valence-corrected chi connectivity index (χ3v) is 18.7. The average Bonchev–Trinajstić information content (AvgIpc) is 1.64. The van der Waals surface area contributed by atoms with Gasteiger partial charge in [-0.3, -0.25) is 47.9 Å². The van der Waals surface area contributed by atoms with Crippen molar-refractivity contribution < 1.29 is 47.9 Å². The molecule has 2 aliphatic heterocycles. The van der Waals surface area contributed by atoms with Crippen molar-refractivity contribution in [3.8, 4) is 11.1 Å². The fourth-order valence-electron chi connectivity index (χ4n) is 13.4. The first-order valence-electron chi connectivity index (χ1n) is 32.9. The summed E-state index contributed by atoms with van der Waals surface area (Å²) in [5.41, 5.74) is 3.96. The molecule has 22 nitrogen and oxygen atoms in total. The molecule has 2 saturated heterocycles. The summed E-state index contributed by atoms with van der Waals surface area (Å²) in [5.74, 6) is -3.91. The van der Waals surface area contributed by atoms with E-state index in [9.17, 15) is 47.9 Å². The van der Waals surface area contributed by atoms with Crippen molar-refractivity contribution in [3.05, 3.63) is 131 Å². The van der Waals surface area contributed by atoms with Gasteiger partial charge in [0.05, 0.1) is 37.3 Å². The van der Waals surface area contributed by atoms with Gasteiger partial charge in [0.15, 0.2) is 0 Å². The van der Waals surface area contributed by atoms with Crippen LogP contribution in [0.4, 0.5) is 0 Å². The molecule has 0 radical (unpaired) electrons. The summed E-state index contributed by atoms with van der Waals surface area (Å²) in [6.07, 6.45) is 8.61. The lowest BCUT2D eigenvalue weighted by Crippen LogP contribution is -2.60. The SMILES string of the molecule is CN[C@@H](C)C(=O)N[C@H](C(=O)N1C[C@@H](NC(C)=O)CC1N(CCc1ccccc1)C(=O)CNC(=O)c1ccc(-c2ccc(C(=O)NCC(=O)N(CCc3ccccc3)C3C[C@H](NC(C)=O)CN3C(=O)[C@@H](NC(=O)[C@H](C)NC)C3CCCCC3)cc2)cc1)C1CCCCC1. The van der Waals surface area contributed by atoms with Gasteiger partial charge in [-0.25, -0.2) is 0 Å². The van der Waals surface area contributed by atoms with Gasteiger partial charge in [-0.2, -0.15) is 0 Å². The highest BCUT2D eigenvalue weighted by molar-refractivity contribution is 5.99. The molecule has 4 aromatic rings. The zero-order chi connectivity index (χ0) is 65.8. The molecule has 2 aliphatic carbocycles. The summed E-state index contributed by atoms with van der Waals surface area (Å²) in [4.78, 5) is 145. The molecule has 0 bridgehead atoms. The quantitative estimate of drug-likeness (QED) is 0.0412. The Morgan fingerprint density at radius 3 is 1.15 bits per heavy atom. The standard InChI is InChI=1S/C70H94N12O10/c1-45(71-5)65(87)77-63(53-23-15-9-16-24-53)69(91)81-43-57(75-47(3)83)39-59(81)79(37-35-49-19-11-7-12-20-49)61(85)41-73-67(89)55-31-27-51(28-32-55)52-29-33-56(34-30-52)68(90)74-42-62(86)80(38-36-50-21-13-8-14-22-50)60-40-58(76-48(4)84)44-82(60)70(92)64(54-25-17-10-18-26-54)78-66(88)46(2)72-6/h7-8,11-14,19-22,27-34,45-46,53-54,57-60,63-64,71-72H,9-10,15-18,23-26,35-44H2,1-6H3,(H,73,89)(H,74,90)(H,75,83)(H,76,84)(H,77,87)(H,78,88)/t45-,46-,57-,58-,59?,60?,63-,64-/m0/s1. The van der Waals surface area contributed by atoms with Crippen LogP contribution < -0.4 is 42.5 Å². The maximum absolute atomic E-state index is 15.0. The van der Waals surface area contributed by atoms with Crippen molar-refractivity contribution >= 4 is 59.1 Å². The summed E-state index contributed by atoms with van der Waals surface area (Å²) in [5, 5.41) is 23.5. The molecule has 0 spiro atoms. The number of nitrogens with one attached hydrogen (secondary N) is 8. The van der Waals surface area contributed by atoms with Crippen molar-refractivity contribution in [2.45, 2.75) is 166 Å². The van der Waals surface area contributed by atoms with E-state index in [1.54, 1.807) is 96.1 Å². The first-order chi connectivity index (χ1) is 44.3. The fraction of sp³-hybridized carbons (Fsp3) is 0.514. The molecule has 92 heavy (non-hydrogen) atoms. The lowest BCUT2D eigenvalue weighted by Gasteiger charge is -2.39. The Labute approximate surface area is 540 Å². The Kier molecular flexibility index (Phi) is 25.4. The van der Waals surface area contributed by atoms with Crippen LogP contribution in [-0.2, 0) is 51.2 Å². The Bertz CT molecular complexity index is 2970. The third-order valence-electron chi connectivity index (χ3n) is 18.7. The van der Waals surface area contributed by atoms with Crippen LogP contribution in [0.1, 0.15) is 137 Å². The van der Waals surface area contributed by atoms with Crippen LogP contribution >= 0.6 is 0 Å². The van der Waals surface area contributed by atoms with Gasteiger partial charge in [0, 0.05) is 64.0 Å². The Morgan fingerprint density at radius 1 is 0.478 bits per heavy atom. The van der Waals surface area contributed by atoms with Crippen LogP contribution in [0.15, 0.2) is 109 Å². The van der Waals surface area contributed by atoms with Crippen LogP contribution in [0.2, 0.25) is 0 Å². The van der Waals surface area contributed by atoms with Gasteiger partial charge in [-0.1, -0.05) is 123 Å². The molecule has 4 aromatic carbocycles. The Hall–Kier alpha value is -8.50. The van der Waals surface area contributed by atoms with Gasteiger partial charge >= 0.3 is 0 Å². The van der Waals surface area contributed by atoms with Crippen LogP contribution in [0.5, 0.6) is 0 Å². The van der Waals surface area contributed by atoms with Crippen LogP contribution in [0, 0.1) is 11.8 Å². The second kappa shape index (κ2) is 33.7. The average molecular weight is 1260 g/mol. The largest absolute Gasteiger partial charge is 0.352 e. The predicted octanol–water partition coefficient (Wildman–Crippen LogP) is 4.43. The van der Waals surface area contributed by atoms with E-state index in [0.717, 1.165) is 86.5 Å². The van der Waals surface area contributed by atoms with E-state index in [1.807, 2.05) is 60.7 Å². The summed E-state index contributed by atoms with van der Waals surface area (Å²) < 4.78 is 0. The van der Waals surface area contributed by atoms with Gasteiger partial charge in [0.1, 0.15) is 24.4 Å². The van der Waals surface area contributed by atoms with Crippen LogP contribution in [0.3, 0.4) is 0 Å². The van der Waals surface area contributed by atoms with Crippen molar-refractivity contribution in [1.29, 1.82) is 0 Å². The minimum absolute atomic E-state index is 0.112. The zero-order valence-corrected chi connectivity index (χ0v) is 54.2. The molecule has 0 aromatic heterocycles. The topological polar surface area (TPSA) is 280 Å².